The molecule has 2 atom stereocenters. The largest absolute Gasteiger partial charge is 0.386 e. The van der Waals surface area contributed by atoms with Crippen LogP contribution in [0.2, 0.25) is 0 Å². The van der Waals surface area contributed by atoms with Gasteiger partial charge in [-0.15, -0.1) is 11.3 Å². The average molecular weight is 200 g/mol. The number of methoxy groups -OCH3 is 1. The van der Waals surface area contributed by atoms with Crippen molar-refractivity contribution in [2.75, 3.05) is 7.11 Å². The molecule has 0 spiro atoms. The Kier molecular flexibility index (Phi) is 3.90. The van der Waals surface area contributed by atoms with Gasteiger partial charge in [0.25, 0.3) is 0 Å². The molecule has 0 saturated heterocycles. The SMILES string of the molecule is CCC(OC)C(O)c1csc(C)c1. The Hall–Kier alpha value is -0.380. The lowest BCUT2D eigenvalue weighted by molar-refractivity contribution is -0.0146. The normalized spacial score (nSPS) is 15.7. The maximum absolute atomic E-state index is 9.88. The van der Waals surface area contributed by atoms with Gasteiger partial charge in [0, 0.05) is 12.0 Å². The molecule has 0 aromatic carbocycles. The summed E-state index contributed by atoms with van der Waals surface area (Å²) in [6.07, 6.45) is 0.251. The molecule has 0 amide bonds. The van der Waals surface area contributed by atoms with E-state index in [-0.39, 0.29) is 6.10 Å². The van der Waals surface area contributed by atoms with Crippen LogP contribution in [0.15, 0.2) is 11.4 Å². The van der Waals surface area contributed by atoms with Crippen LogP contribution >= 0.6 is 11.3 Å². The lowest BCUT2D eigenvalue weighted by Gasteiger charge is -2.18. The zero-order chi connectivity index (χ0) is 9.84. The van der Waals surface area contributed by atoms with Crippen LogP contribution < -0.4 is 0 Å². The Morgan fingerprint density at radius 1 is 1.62 bits per heavy atom. The third-order valence-electron chi connectivity index (χ3n) is 2.15. The molecule has 74 valence electrons. The van der Waals surface area contributed by atoms with Gasteiger partial charge in [-0.25, -0.2) is 0 Å². The number of hydrogen-bond acceptors (Lipinski definition) is 3. The molecule has 1 N–H and O–H groups in total. The summed E-state index contributed by atoms with van der Waals surface area (Å²) in [7, 11) is 1.64. The van der Waals surface area contributed by atoms with Crippen molar-refractivity contribution in [2.45, 2.75) is 32.5 Å². The van der Waals surface area contributed by atoms with Gasteiger partial charge in [-0.1, -0.05) is 6.92 Å². The summed E-state index contributed by atoms with van der Waals surface area (Å²) in [6.45, 7) is 4.05. The fourth-order valence-electron chi connectivity index (χ4n) is 1.35. The van der Waals surface area contributed by atoms with Crippen LogP contribution in [0, 0.1) is 6.92 Å². The first-order valence-electron chi connectivity index (χ1n) is 4.45. The Labute approximate surface area is 83.2 Å². The van der Waals surface area contributed by atoms with E-state index in [2.05, 4.69) is 0 Å². The zero-order valence-corrected chi connectivity index (χ0v) is 9.10. The van der Waals surface area contributed by atoms with Gasteiger partial charge in [-0.3, -0.25) is 0 Å². The Morgan fingerprint density at radius 2 is 2.31 bits per heavy atom. The van der Waals surface area contributed by atoms with E-state index in [4.69, 9.17) is 4.74 Å². The average Bonchev–Trinajstić information content (AvgIpc) is 2.54. The molecule has 2 unspecified atom stereocenters. The Balaban J connectivity index is 2.71. The van der Waals surface area contributed by atoms with E-state index in [0.717, 1.165) is 12.0 Å². The van der Waals surface area contributed by atoms with Crippen LogP contribution in [0.25, 0.3) is 0 Å². The molecule has 0 saturated carbocycles. The smallest absolute Gasteiger partial charge is 0.106 e. The summed E-state index contributed by atoms with van der Waals surface area (Å²) in [5, 5.41) is 11.9. The van der Waals surface area contributed by atoms with Gasteiger partial charge in [-0.2, -0.15) is 0 Å². The summed E-state index contributed by atoms with van der Waals surface area (Å²) in [6, 6.07) is 2.01. The van der Waals surface area contributed by atoms with Gasteiger partial charge in [-0.05, 0) is 30.4 Å². The van der Waals surface area contributed by atoms with Crippen molar-refractivity contribution in [1.29, 1.82) is 0 Å². The molecule has 1 heterocycles. The van der Waals surface area contributed by atoms with Gasteiger partial charge < -0.3 is 9.84 Å². The number of thiophene rings is 1. The van der Waals surface area contributed by atoms with Gasteiger partial charge >= 0.3 is 0 Å². The quantitative estimate of drug-likeness (QED) is 0.809. The van der Waals surface area contributed by atoms with Gasteiger partial charge in [0.15, 0.2) is 0 Å². The zero-order valence-electron chi connectivity index (χ0n) is 8.28. The van der Waals surface area contributed by atoms with Crippen molar-refractivity contribution in [3.05, 3.63) is 21.9 Å². The van der Waals surface area contributed by atoms with Crippen molar-refractivity contribution < 1.29 is 9.84 Å². The van der Waals surface area contributed by atoms with E-state index >= 15 is 0 Å². The van der Waals surface area contributed by atoms with Crippen LogP contribution in [0.5, 0.6) is 0 Å². The van der Waals surface area contributed by atoms with E-state index in [1.54, 1.807) is 18.4 Å². The summed E-state index contributed by atoms with van der Waals surface area (Å²) in [4.78, 5) is 1.22. The molecule has 0 aliphatic heterocycles. The molecule has 0 aliphatic rings. The lowest BCUT2D eigenvalue weighted by atomic mass is 10.1. The number of aliphatic hydroxyl groups is 1. The first-order chi connectivity index (χ1) is 6.19. The van der Waals surface area contributed by atoms with Crippen LogP contribution in [0.4, 0.5) is 0 Å². The number of aliphatic hydroxyl groups excluding tert-OH is 1. The first kappa shape index (κ1) is 10.7. The fourth-order valence-corrected chi connectivity index (χ4v) is 2.09. The second-order valence-corrected chi connectivity index (χ2v) is 4.23. The summed E-state index contributed by atoms with van der Waals surface area (Å²) in [5.74, 6) is 0. The molecule has 2 nitrogen and oxygen atoms in total. The summed E-state index contributed by atoms with van der Waals surface area (Å²) >= 11 is 1.66. The molecule has 0 aliphatic carbocycles. The maximum atomic E-state index is 9.88. The second kappa shape index (κ2) is 4.74. The fraction of sp³-hybridized carbons (Fsp3) is 0.600. The minimum absolute atomic E-state index is 0.0889. The van der Waals surface area contributed by atoms with E-state index in [1.165, 1.54) is 4.88 Å². The van der Waals surface area contributed by atoms with E-state index < -0.39 is 6.10 Å². The van der Waals surface area contributed by atoms with Crippen molar-refractivity contribution in [1.82, 2.24) is 0 Å². The molecular weight excluding hydrogens is 184 g/mol. The predicted molar refractivity (Wildman–Crippen MR) is 55.1 cm³/mol. The summed E-state index contributed by atoms with van der Waals surface area (Å²) < 4.78 is 5.18. The van der Waals surface area contributed by atoms with Crippen molar-refractivity contribution >= 4 is 11.3 Å². The predicted octanol–water partition coefficient (Wildman–Crippen LogP) is 2.51. The van der Waals surface area contributed by atoms with E-state index in [9.17, 15) is 5.11 Å². The minimum Gasteiger partial charge on any atom is -0.386 e. The number of aryl methyl sites for hydroxylation is 1. The highest BCUT2D eigenvalue weighted by Gasteiger charge is 2.19. The number of rotatable bonds is 4. The van der Waals surface area contributed by atoms with E-state index in [1.807, 2.05) is 25.3 Å². The van der Waals surface area contributed by atoms with Gasteiger partial charge in [0.2, 0.25) is 0 Å². The molecule has 1 rings (SSSR count). The number of ether oxygens (including phenoxy) is 1. The molecule has 3 heteroatoms. The topological polar surface area (TPSA) is 29.5 Å². The van der Waals surface area contributed by atoms with E-state index in [0.29, 0.717) is 0 Å². The first-order valence-corrected chi connectivity index (χ1v) is 5.33. The molecule has 1 aromatic heterocycles. The van der Waals surface area contributed by atoms with Gasteiger partial charge in [0.1, 0.15) is 6.10 Å². The standard InChI is InChI=1S/C10H16O2S/c1-4-9(12-3)10(11)8-5-7(2)13-6-8/h5-6,9-11H,4H2,1-3H3. The third-order valence-corrected chi connectivity index (χ3v) is 3.03. The highest BCUT2D eigenvalue weighted by molar-refractivity contribution is 7.10. The molecule has 1 aromatic rings. The van der Waals surface area contributed by atoms with Crippen molar-refractivity contribution in [3.8, 4) is 0 Å². The number of hydrogen-bond donors (Lipinski definition) is 1. The van der Waals surface area contributed by atoms with Crippen molar-refractivity contribution in [3.63, 3.8) is 0 Å². The summed E-state index contributed by atoms with van der Waals surface area (Å²) in [5.41, 5.74) is 0.969. The van der Waals surface area contributed by atoms with Crippen LogP contribution in [-0.4, -0.2) is 18.3 Å². The lowest BCUT2D eigenvalue weighted by Crippen LogP contribution is -2.19. The second-order valence-electron chi connectivity index (χ2n) is 3.12. The Bertz CT molecular complexity index is 253. The highest BCUT2D eigenvalue weighted by atomic mass is 32.1. The van der Waals surface area contributed by atoms with Crippen LogP contribution in [-0.2, 0) is 4.74 Å². The molecule has 0 fully saturated rings. The van der Waals surface area contributed by atoms with Crippen LogP contribution in [0.1, 0.15) is 29.9 Å². The highest BCUT2D eigenvalue weighted by Crippen LogP contribution is 2.25. The Morgan fingerprint density at radius 3 is 2.69 bits per heavy atom. The van der Waals surface area contributed by atoms with Gasteiger partial charge in [0.05, 0.1) is 6.10 Å². The third kappa shape index (κ3) is 2.53. The molecular formula is C10H16O2S. The monoisotopic (exact) mass is 200 g/mol. The maximum Gasteiger partial charge on any atom is 0.106 e. The van der Waals surface area contributed by atoms with Crippen LogP contribution in [0.3, 0.4) is 0 Å². The molecule has 0 bridgehead atoms. The molecule has 13 heavy (non-hydrogen) atoms. The molecule has 0 radical (unpaired) electrons. The van der Waals surface area contributed by atoms with Crippen molar-refractivity contribution in [2.24, 2.45) is 0 Å². The minimum atomic E-state index is -0.486.